The zero-order valence-electron chi connectivity index (χ0n) is 17.0. The SMILES string of the molecule is Fc1ccc(OCc2ccc(-c3nccnc3NSc3ccccc3C(F)(F)F)cc2)cc1. The van der Waals surface area contributed by atoms with E-state index in [1.54, 1.807) is 18.2 Å². The highest BCUT2D eigenvalue weighted by molar-refractivity contribution is 8.00. The molecule has 0 atom stereocenters. The summed E-state index contributed by atoms with van der Waals surface area (Å²) in [5.74, 6) is 0.562. The largest absolute Gasteiger partial charge is 0.489 e. The molecule has 0 spiro atoms. The summed E-state index contributed by atoms with van der Waals surface area (Å²) in [5, 5.41) is 0. The minimum Gasteiger partial charge on any atom is -0.489 e. The lowest BCUT2D eigenvalue weighted by Gasteiger charge is -2.14. The molecule has 3 aromatic carbocycles. The van der Waals surface area contributed by atoms with Gasteiger partial charge >= 0.3 is 6.18 Å². The van der Waals surface area contributed by atoms with Crippen LogP contribution >= 0.6 is 11.9 Å². The van der Waals surface area contributed by atoms with E-state index in [9.17, 15) is 17.6 Å². The summed E-state index contributed by atoms with van der Waals surface area (Å²) in [5.41, 5.74) is 1.40. The Balaban J connectivity index is 1.47. The fourth-order valence-electron chi connectivity index (χ4n) is 2.97. The molecular formula is C24H17F4N3OS. The monoisotopic (exact) mass is 471 g/mol. The van der Waals surface area contributed by atoms with Gasteiger partial charge in [0.05, 0.1) is 5.56 Å². The lowest BCUT2D eigenvalue weighted by Crippen LogP contribution is -2.07. The van der Waals surface area contributed by atoms with Crippen LogP contribution in [0.5, 0.6) is 5.75 Å². The average Bonchev–Trinajstić information content (AvgIpc) is 2.82. The van der Waals surface area contributed by atoms with Crippen LogP contribution in [0.1, 0.15) is 11.1 Å². The van der Waals surface area contributed by atoms with Crippen LogP contribution in [0.15, 0.2) is 90.1 Å². The van der Waals surface area contributed by atoms with Gasteiger partial charge in [-0.1, -0.05) is 36.4 Å². The molecule has 0 fully saturated rings. The molecule has 1 aromatic heterocycles. The predicted octanol–water partition coefficient (Wildman–Crippen LogP) is 7.00. The molecule has 1 N–H and O–H groups in total. The van der Waals surface area contributed by atoms with Crippen LogP contribution in [0.3, 0.4) is 0 Å². The summed E-state index contributed by atoms with van der Waals surface area (Å²) in [7, 11) is 0. The minimum atomic E-state index is -4.46. The lowest BCUT2D eigenvalue weighted by molar-refractivity contribution is -0.139. The summed E-state index contributed by atoms with van der Waals surface area (Å²) < 4.78 is 61.3. The van der Waals surface area contributed by atoms with Gasteiger partial charge in [0.1, 0.15) is 23.9 Å². The van der Waals surface area contributed by atoms with Gasteiger partial charge in [-0.25, -0.2) is 9.37 Å². The van der Waals surface area contributed by atoms with Crippen LogP contribution in [0, 0.1) is 5.82 Å². The Kier molecular flexibility index (Phi) is 6.79. The first-order valence-corrected chi connectivity index (χ1v) is 10.6. The molecule has 0 amide bonds. The van der Waals surface area contributed by atoms with Gasteiger partial charge in [-0.3, -0.25) is 4.98 Å². The molecule has 0 saturated heterocycles. The Morgan fingerprint density at radius 3 is 2.27 bits per heavy atom. The second kappa shape index (κ2) is 9.91. The van der Waals surface area contributed by atoms with Gasteiger partial charge in [-0.05, 0) is 53.9 Å². The quantitative estimate of drug-likeness (QED) is 0.232. The van der Waals surface area contributed by atoms with Crippen molar-refractivity contribution >= 4 is 17.8 Å². The van der Waals surface area contributed by atoms with Gasteiger partial charge in [0.2, 0.25) is 0 Å². The molecule has 33 heavy (non-hydrogen) atoms. The number of halogens is 4. The van der Waals surface area contributed by atoms with Crippen molar-refractivity contribution in [1.82, 2.24) is 9.97 Å². The summed E-state index contributed by atoms with van der Waals surface area (Å²) in [6.45, 7) is 0.293. The molecule has 0 aliphatic carbocycles. The molecule has 0 aliphatic heterocycles. The van der Waals surface area contributed by atoms with Crippen LogP contribution in [-0.4, -0.2) is 9.97 Å². The lowest BCUT2D eigenvalue weighted by atomic mass is 10.1. The van der Waals surface area contributed by atoms with Crippen molar-refractivity contribution < 1.29 is 22.3 Å². The number of hydrogen-bond donors (Lipinski definition) is 1. The molecule has 0 radical (unpaired) electrons. The number of ether oxygens (including phenoxy) is 1. The van der Waals surface area contributed by atoms with Crippen LogP contribution in [0.2, 0.25) is 0 Å². The number of rotatable bonds is 7. The van der Waals surface area contributed by atoms with E-state index in [-0.39, 0.29) is 10.7 Å². The van der Waals surface area contributed by atoms with E-state index in [4.69, 9.17) is 4.74 Å². The fourth-order valence-corrected chi connectivity index (χ4v) is 3.77. The molecule has 9 heteroatoms. The molecular weight excluding hydrogens is 454 g/mol. The van der Waals surface area contributed by atoms with Gasteiger partial charge in [0.25, 0.3) is 0 Å². The predicted molar refractivity (Wildman–Crippen MR) is 119 cm³/mol. The number of hydrogen-bond acceptors (Lipinski definition) is 5. The van der Waals surface area contributed by atoms with Crippen LogP contribution in [-0.2, 0) is 12.8 Å². The van der Waals surface area contributed by atoms with Gasteiger partial charge < -0.3 is 9.46 Å². The normalized spacial score (nSPS) is 11.3. The van der Waals surface area contributed by atoms with Crippen LogP contribution in [0.25, 0.3) is 11.3 Å². The first kappa shape index (κ1) is 22.6. The molecule has 0 bridgehead atoms. The first-order valence-electron chi connectivity index (χ1n) is 9.78. The van der Waals surface area contributed by atoms with E-state index in [1.165, 1.54) is 36.7 Å². The topological polar surface area (TPSA) is 47.0 Å². The molecule has 168 valence electrons. The van der Waals surface area contributed by atoms with Crippen molar-refractivity contribution in [2.75, 3.05) is 4.72 Å². The van der Waals surface area contributed by atoms with Crippen molar-refractivity contribution in [2.24, 2.45) is 0 Å². The van der Waals surface area contributed by atoms with Gasteiger partial charge in [0.15, 0.2) is 5.82 Å². The molecule has 4 aromatic rings. The number of benzene rings is 3. The maximum atomic E-state index is 13.2. The molecule has 4 nitrogen and oxygen atoms in total. The van der Waals surface area contributed by atoms with Gasteiger partial charge in [-0.15, -0.1) is 0 Å². The number of aromatic nitrogens is 2. The van der Waals surface area contributed by atoms with Crippen molar-refractivity contribution in [1.29, 1.82) is 0 Å². The molecule has 0 aliphatic rings. The highest BCUT2D eigenvalue weighted by atomic mass is 32.2. The smallest absolute Gasteiger partial charge is 0.417 e. The second-order valence-electron chi connectivity index (χ2n) is 6.89. The van der Waals surface area contributed by atoms with Gasteiger partial charge in [0, 0.05) is 22.9 Å². The second-order valence-corrected chi connectivity index (χ2v) is 7.74. The van der Waals surface area contributed by atoms with Gasteiger partial charge in [-0.2, -0.15) is 13.2 Å². The Morgan fingerprint density at radius 1 is 0.848 bits per heavy atom. The molecule has 4 rings (SSSR count). The van der Waals surface area contributed by atoms with Crippen molar-refractivity contribution in [3.05, 3.63) is 102 Å². The average molecular weight is 471 g/mol. The van der Waals surface area contributed by atoms with E-state index in [0.717, 1.165) is 29.1 Å². The minimum absolute atomic E-state index is 0.0369. The fraction of sp³-hybridized carbons (Fsp3) is 0.0833. The van der Waals surface area contributed by atoms with E-state index >= 15 is 0 Å². The third-order valence-corrected chi connectivity index (χ3v) is 5.47. The van der Waals surface area contributed by atoms with Crippen LogP contribution < -0.4 is 9.46 Å². The van der Waals surface area contributed by atoms with Crippen molar-refractivity contribution in [3.63, 3.8) is 0 Å². The summed E-state index contributed by atoms with van der Waals surface area (Å²) in [6, 6.07) is 18.4. The summed E-state index contributed by atoms with van der Waals surface area (Å²) in [6.07, 6.45) is -1.48. The number of nitrogens with one attached hydrogen (secondary N) is 1. The highest BCUT2D eigenvalue weighted by Crippen LogP contribution is 2.37. The molecule has 1 heterocycles. The van der Waals surface area contributed by atoms with Crippen molar-refractivity contribution in [3.8, 4) is 17.0 Å². The number of alkyl halides is 3. The first-order chi connectivity index (χ1) is 15.9. The summed E-state index contributed by atoms with van der Waals surface area (Å²) >= 11 is 0.827. The maximum Gasteiger partial charge on any atom is 0.417 e. The zero-order valence-corrected chi connectivity index (χ0v) is 17.8. The number of nitrogens with zero attached hydrogens (tertiary/aromatic N) is 2. The van der Waals surface area contributed by atoms with E-state index in [0.29, 0.717) is 23.9 Å². The van der Waals surface area contributed by atoms with E-state index in [1.807, 2.05) is 24.3 Å². The van der Waals surface area contributed by atoms with Crippen molar-refractivity contribution in [2.45, 2.75) is 17.7 Å². The third kappa shape index (κ3) is 5.81. The Bertz CT molecular complexity index is 1220. The molecule has 0 unspecified atom stereocenters. The summed E-state index contributed by atoms with van der Waals surface area (Å²) in [4.78, 5) is 8.61. The van der Waals surface area contributed by atoms with E-state index < -0.39 is 11.7 Å². The standard InChI is InChI=1S/C24H17F4N3OS/c25-18-9-11-19(12-10-18)32-15-16-5-7-17(8-6-16)22-23(30-14-13-29-22)31-33-21-4-2-1-3-20(21)24(26,27)28/h1-14H,15H2,(H,30,31). The zero-order chi connectivity index (χ0) is 23.3. The van der Waals surface area contributed by atoms with Crippen LogP contribution in [0.4, 0.5) is 23.4 Å². The Morgan fingerprint density at radius 2 is 1.55 bits per heavy atom. The maximum absolute atomic E-state index is 13.2. The molecule has 0 saturated carbocycles. The Hall–Kier alpha value is -3.59. The Labute approximate surface area is 191 Å². The number of anilines is 1. The third-order valence-electron chi connectivity index (χ3n) is 4.59. The highest BCUT2D eigenvalue weighted by Gasteiger charge is 2.33. The van der Waals surface area contributed by atoms with E-state index in [2.05, 4.69) is 14.7 Å².